The monoisotopic (exact) mass is 264 g/mol. The van der Waals surface area contributed by atoms with Gasteiger partial charge >= 0.3 is 0 Å². The molecule has 20 heavy (non-hydrogen) atoms. The molecule has 4 aromatic rings. The van der Waals surface area contributed by atoms with Crippen LogP contribution in [0.25, 0.3) is 27.8 Å². The van der Waals surface area contributed by atoms with Gasteiger partial charge in [0, 0.05) is 11.6 Å². The van der Waals surface area contributed by atoms with Crippen LogP contribution >= 0.6 is 0 Å². The third-order valence-corrected chi connectivity index (χ3v) is 3.24. The van der Waals surface area contributed by atoms with Gasteiger partial charge in [-0.3, -0.25) is 0 Å². The van der Waals surface area contributed by atoms with Gasteiger partial charge in [-0.1, -0.05) is 29.5 Å². The highest BCUT2D eigenvalue weighted by molar-refractivity contribution is 5.84. The van der Waals surface area contributed by atoms with E-state index < -0.39 is 0 Å². The van der Waals surface area contributed by atoms with Crippen LogP contribution in [0.2, 0.25) is 0 Å². The minimum absolute atomic E-state index is 0.333. The lowest BCUT2D eigenvalue weighted by molar-refractivity contribution is 0.637. The molecule has 0 bridgehead atoms. The fourth-order valence-corrected chi connectivity index (χ4v) is 2.27. The Balaban J connectivity index is 2.00. The Labute approximate surface area is 113 Å². The molecule has 0 radical (unpaired) electrons. The highest BCUT2D eigenvalue weighted by Crippen LogP contribution is 2.24. The fraction of sp³-hybridized carbons (Fsp3) is 0. The van der Waals surface area contributed by atoms with E-state index in [0.717, 1.165) is 10.9 Å². The van der Waals surface area contributed by atoms with Crippen LogP contribution in [0.15, 0.2) is 54.7 Å². The van der Waals surface area contributed by atoms with E-state index in [2.05, 4.69) is 15.3 Å². The molecule has 3 heterocycles. The lowest BCUT2D eigenvalue weighted by Gasteiger charge is -2.01. The summed E-state index contributed by atoms with van der Waals surface area (Å²) in [6, 6.07) is 14.3. The van der Waals surface area contributed by atoms with Crippen molar-refractivity contribution in [1.29, 1.82) is 0 Å². The maximum absolute atomic E-state index is 13.8. The van der Waals surface area contributed by atoms with E-state index in [1.165, 1.54) is 6.07 Å². The molecule has 0 unspecified atom stereocenters. The van der Waals surface area contributed by atoms with Crippen molar-refractivity contribution in [2.24, 2.45) is 0 Å². The highest BCUT2D eigenvalue weighted by atomic mass is 19.1. The van der Waals surface area contributed by atoms with Crippen molar-refractivity contribution in [3.8, 4) is 11.4 Å². The zero-order chi connectivity index (χ0) is 13.5. The van der Waals surface area contributed by atoms with E-state index >= 15 is 0 Å². The lowest BCUT2D eigenvalue weighted by Crippen LogP contribution is -1.89. The van der Waals surface area contributed by atoms with E-state index in [4.69, 9.17) is 0 Å². The van der Waals surface area contributed by atoms with Gasteiger partial charge in [0.05, 0.1) is 11.2 Å². The van der Waals surface area contributed by atoms with Gasteiger partial charge < -0.3 is 0 Å². The highest BCUT2D eigenvalue weighted by Gasteiger charge is 2.11. The number of para-hydroxylation sites is 1. The van der Waals surface area contributed by atoms with Gasteiger partial charge in [0.25, 0.3) is 0 Å². The average Bonchev–Trinajstić information content (AvgIpc) is 2.91. The summed E-state index contributed by atoms with van der Waals surface area (Å²) in [7, 11) is 0. The molecule has 4 nitrogen and oxygen atoms in total. The zero-order valence-corrected chi connectivity index (χ0v) is 10.4. The smallest absolute Gasteiger partial charge is 0.149 e. The first-order valence-electron chi connectivity index (χ1n) is 6.18. The van der Waals surface area contributed by atoms with E-state index in [9.17, 15) is 4.39 Å². The summed E-state index contributed by atoms with van der Waals surface area (Å²) < 4.78 is 15.5. The Morgan fingerprint density at radius 3 is 2.85 bits per heavy atom. The predicted molar refractivity (Wildman–Crippen MR) is 73.7 cm³/mol. The predicted octanol–water partition coefficient (Wildman–Crippen LogP) is 3.08. The number of hydrogen-bond donors (Lipinski definition) is 0. The second-order valence-corrected chi connectivity index (χ2v) is 4.48. The Morgan fingerprint density at radius 2 is 1.90 bits per heavy atom. The van der Waals surface area contributed by atoms with Crippen LogP contribution in [0.3, 0.4) is 0 Å². The summed E-state index contributed by atoms with van der Waals surface area (Å²) in [4.78, 5) is 4.38. The maximum Gasteiger partial charge on any atom is 0.149 e. The number of nitrogens with zero attached hydrogens (tertiary/aromatic N) is 4. The molecule has 0 saturated heterocycles. The van der Waals surface area contributed by atoms with Crippen molar-refractivity contribution in [2.75, 3.05) is 0 Å². The first-order valence-corrected chi connectivity index (χ1v) is 6.18. The van der Waals surface area contributed by atoms with E-state index in [-0.39, 0.29) is 5.82 Å². The van der Waals surface area contributed by atoms with Gasteiger partial charge in [0.15, 0.2) is 0 Å². The van der Waals surface area contributed by atoms with Gasteiger partial charge in [-0.05, 0) is 24.3 Å². The second-order valence-electron chi connectivity index (χ2n) is 4.48. The lowest BCUT2D eigenvalue weighted by atomic mass is 10.1. The summed E-state index contributed by atoms with van der Waals surface area (Å²) in [6.07, 6.45) is 1.81. The number of fused-ring (bicyclic) bond motifs is 2. The molecule has 4 rings (SSSR count). The maximum atomic E-state index is 13.8. The molecular weight excluding hydrogens is 255 g/mol. The molecular formula is C15H9FN4. The van der Waals surface area contributed by atoms with Gasteiger partial charge in [-0.2, -0.15) is 0 Å². The van der Waals surface area contributed by atoms with E-state index in [1.807, 2.05) is 42.6 Å². The van der Waals surface area contributed by atoms with Crippen molar-refractivity contribution < 1.29 is 4.39 Å². The summed E-state index contributed by atoms with van der Waals surface area (Å²) in [5, 5.41) is 8.93. The van der Waals surface area contributed by atoms with Crippen LogP contribution in [0.4, 0.5) is 4.39 Å². The molecule has 5 heteroatoms. The van der Waals surface area contributed by atoms with Crippen LogP contribution < -0.4 is 0 Å². The van der Waals surface area contributed by atoms with Crippen molar-refractivity contribution in [3.05, 3.63) is 60.5 Å². The van der Waals surface area contributed by atoms with Crippen molar-refractivity contribution in [3.63, 3.8) is 0 Å². The normalized spacial score (nSPS) is 11.2. The molecule has 0 N–H and O–H groups in total. The number of rotatable bonds is 1. The summed E-state index contributed by atoms with van der Waals surface area (Å²) in [6.45, 7) is 0. The largest absolute Gasteiger partial charge is 0.243 e. The van der Waals surface area contributed by atoms with Crippen LogP contribution in [0.5, 0.6) is 0 Å². The first-order chi connectivity index (χ1) is 9.83. The quantitative estimate of drug-likeness (QED) is 0.530. The molecule has 0 amide bonds. The second kappa shape index (κ2) is 4.09. The molecule has 0 atom stereocenters. The molecule has 3 aromatic heterocycles. The average molecular weight is 264 g/mol. The van der Waals surface area contributed by atoms with Crippen molar-refractivity contribution in [1.82, 2.24) is 19.8 Å². The Morgan fingerprint density at radius 1 is 0.950 bits per heavy atom. The van der Waals surface area contributed by atoms with Gasteiger partial charge in [-0.25, -0.2) is 13.9 Å². The third kappa shape index (κ3) is 1.56. The van der Waals surface area contributed by atoms with E-state index in [0.29, 0.717) is 16.9 Å². The van der Waals surface area contributed by atoms with Crippen LogP contribution in [0.1, 0.15) is 0 Å². The molecule has 0 saturated carbocycles. The fourth-order valence-electron chi connectivity index (χ4n) is 2.27. The molecule has 0 aliphatic rings. The Kier molecular flexibility index (Phi) is 2.26. The van der Waals surface area contributed by atoms with Gasteiger partial charge in [0.1, 0.15) is 17.0 Å². The summed E-state index contributed by atoms with van der Waals surface area (Å²) >= 11 is 0. The zero-order valence-electron chi connectivity index (χ0n) is 10.4. The Hall–Kier alpha value is -2.82. The molecule has 0 spiro atoms. The van der Waals surface area contributed by atoms with Crippen LogP contribution in [0, 0.1) is 5.82 Å². The van der Waals surface area contributed by atoms with Crippen molar-refractivity contribution in [2.45, 2.75) is 0 Å². The standard InChI is InChI=1S/C15H9FN4/c16-11-5-3-4-10-7-8-12(17-14(10)11)15-13-6-1-2-9-20(13)19-18-15/h1-9H. The summed E-state index contributed by atoms with van der Waals surface area (Å²) in [5.74, 6) is -0.333. The number of pyridine rings is 2. The number of hydrogen-bond acceptors (Lipinski definition) is 3. The van der Waals surface area contributed by atoms with E-state index in [1.54, 1.807) is 10.6 Å². The summed E-state index contributed by atoms with van der Waals surface area (Å²) in [5.41, 5.74) is 2.46. The van der Waals surface area contributed by atoms with Crippen LogP contribution in [-0.4, -0.2) is 19.8 Å². The molecule has 0 fully saturated rings. The van der Waals surface area contributed by atoms with Gasteiger partial charge in [-0.15, -0.1) is 5.10 Å². The molecule has 0 aliphatic carbocycles. The number of benzene rings is 1. The van der Waals surface area contributed by atoms with Crippen molar-refractivity contribution >= 4 is 16.4 Å². The molecule has 0 aliphatic heterocycles. The first kappa shape index (κ1) is 11.0. The third-order valence-electron chi connectivity index (χ3n) is 3.24. The molecule has 1 aromatic carbocycles. The number of halogens is 1. The SMILES string of the molecule is Fc1cccc2ccc(-c3nnn4ccccc34)nc12. The minimum Gasteiger partial charge on any atom is -0.243 e. The van der Waals surface area contributed by atoms with Gasteiger partial charge in [0.2, 0.25) is 0 Å². The van der Waals surface area contributed by atoms with Crippen LogP contribution in [-0.2, 0) is 0 Å². The minimum atomic E-state index is -0.333. The Bertz CT molecular complexity index is 929. The topological polar surface area (TPSA) is 43.1 Å². The number of aromatic nitrogens is 4. The molecule has 96 valence electrons.